The predicted molar refractivity (Wildman–Crippen MR) is 79.8 cm³/mol. The Hall–Kier alpha value is -1.10. The first-order valence-corrected chi connectivity index (χ1v) is 7.68. The van der Waals surface area contributed by atoms with Crippen LogP contribution < -0.4 is 0 Å². The lowest BCUT2D eigenvalue weighted by atomic mass is 9.98. The van der Waals surface area contributed by atoms with Crippen LogP contribution in [-0.4, -0.2) is 19.3 Å². The van der Waals surface area contributed by atoms with E-state index in [-0.39, 0.29) is 0 Å². The van der Waals surface area contributed by atoms with Crippen molar-refractivity contribution in [1.82, 2.24) is 19.3 Å². The van der Waals surface area contributed by atoms with Gasteiger partial charge in [0.15, 0.2) is 10.4 Å². The number of nitrogens with one attached hydrogen (secondary N) is 1. The van der Waals surface area contributed by atoms with E-state index in [9.17, 15) is 0 Å². The molecule has 1 saturated carbocycles. The second kappa shape index (κ2) is 4.78. The van der Waals surface area contributed by atoms with Gasteiger partial charge in [-0.3, -0.25) is 0 Å². The van der Waals surface area contributed by atoms with Crippen LogP contribution in [0, 0.1) is 23.5 Å². The molecule has 19 heavy (non-hydrogen) atoms. The lowest BCUT2D eigenvalue weighted by molar-refractivity contribution is 0.363. The van der Waals surface area contributed by atoms with E-state index in [1.54, 1.807) is 0 Å². The second-order valence-electron chi connectivity index (χ2n) is 5.81. The fraction of sp³-hybridized carbons (Fsp3) is 0.714. The molecule has 2 atom stereocenters. The van der Waals surface area contributed by atoms with Crippen LogP contribution in [0.4, 0.5) is 0 Å². The minimum absolute atomic E-state index is 0.756. The maximum Gasteiger partial charge on any atom is 0.179 e. The molecule has 0 radical (unpaired) electrons. The van der Waals surface area contributed by atoms with Crippen LogP contribution in [0.2, 0.25) is 0 Å². The summed E-state index contributed by atoms with van der Waals surface area (Å²) in [7, 11) is 0. The molecule has 1 aliphatic rings. The topological polar surface area (TPSA) is 38.5 Å². The van der Waals surface area contributed by atoms with E-state index < -0.39 is 0 Å². The van der Waals surface area contributed by atoms with Gasteiger partial charge in [0.1, 0.15) is 5.52 Å². The first kappa shape index (κ1) is 12.9. The number of H-pyrrole nitrogens is 1. The van der Waals surface area contributed by atoms with Crippen molar-refractivity contribution in [3.63, 3.8) is 0 Å². The molecule has 1 N–H and O–H groups in total. The highest BCUT2D eigenvalue weighted by Gasteiger charge is 2.25. The highest BCUT2D eigenvalue weighted by Crippen LogP contribution is 2.33. The molecule has 0 aliphatic heterocycles. The van der Waals surface area contributed by atoms with Crippen molar-refractivity contribution in [2.75, 3.05) is 0 Å². The minimum atomic E-state index is 0.756. The van der Waals surface area contributed by atoms with Crippen LogP contribution in [0.15, 0.2) is 0 Å². The summed E-state index contributed by atoms with van der Waals surface area (Å²) in [5.74, 6) is 1.57. The Balaban J connectivity index is 2.07. The first-order valence-electron chi connectivity index (χ1n) is 7.27. The lowest BCUT2D eigenvalue weighted by Gasteiger charge is -2.16. The van der Waals surface area contributed by atoms with Gasteiger partial charge in [-0.05, 0) is 44.3 Å². The number of aromatic nitrogens is 4. The third-order valence-corrected chi connectivity index (χ3v) is 4.91. The van der Waals surface area contributed by atoms with Crippen LogP contribution in [0.5, 0.6) is 0 Å². The fourth-order valence-corrected chi connectivity index (χ4v) is 3.64. The SMILES string of the molecule is CCn1nc(C)c2[nH]c(=S)n(CC3CCCC3C)c21. The second-order valence-corrected chi connectivity index (χ2v) is 6.20. The number of hydrogen-bond acceptors (Lipinski definition) is 2. The van der Waals surface area contributed by atoms with Crippen molar-refractivity contribution in [2.24, 2.45) is 11.8 Å². The molecular weight excluding hydrogens is 256 g/mol. The van der Waals surface area contributed by atoms with Gasteiger partial charge in [-0.25, -0.2) is 4.68 Å². The van der Waals surface area contributed by atoms with Crippen LogP contribution in [0.25, 0.3) is 11.2 Å². The Morgan fingerprint density at radius 2 is 2.21 bits per heavy atom. The van der Waals surface area contributed by atoms with Crippen LogP contribution in [0.1, 0.15) is 38.8 Å². The maximum atomic E-state index is 5.51. The van der Waals surface area contributed by atoms with E-state index in [2.05, 4.69) is 33.2 Å². The first-order chi connectivity index (χ1) is 9.11. The van der Waals surface area contributed by atoms with Crippen molar-refractivity contribution in [2.45, 2.75) is 53.1 Å². The Labute approximate surface area is 118 Å². The monoisotopic (exact) mass is 278 g/mol. The van der Waals surface area contributed by atoms with Crippen LogP contribution in [-0.2, 0) is 13.1 Å². The number of fused-ring (bicyclic) bond motifs is 1. The van der Waals surface area contributed by atoms with Crippen molar-refractivity contribution < 1.29 is 0 Å². The van der Waals surface area contributed by atoms with E-state index in [0.717, 1.165) is 40.9 Å². The quantitative estimate of drug-likeness (QED) is 0.870. The van der Waals surface area contributed by atoms with Gasteiger partial charge in [0.25, 0.3) is 0 Å². The van der Waals surface area contributed by atoms with E-state index >= 15 is 0 Å². The number of hydrogen-bond donors (Lipinski definition) is 1. The van der Waals surface area contributed by atoms with Crippen molar-refractivity contribution in [3.05, 3.63) is 10.5 Å². The molecule has 0 bridgehead atoms. The Morgan fingerprint density at radius 1 is 1.42 bits per heavy atom. The molecule has 1 fully saturated rings. The average molecular weight is 278 g/mol. The largest absolute Gasteiger partial charge is 0.328 e. The van der Waals surface area contributed by atoms with Gasteiger partial charge in [-0.1, -0.05) is 19.8 Å². The highest BCUT2D eigenvalue weighted by molar-refractivity contribution is 7.71. The number of rotatable bonds is 3. The van der Waals surface area contributed by atoms with E-state index in [1.807, 2.05) is 6.92 Å². The van der Waals surface area contributed by atoms with E-state index in [4.69, 9.17) is 12.2 Å². The fourth-order valence-electron chi connectivity index (χ4n) is 3.38. The molecule has 0 saturated heterocycles. The summed E-state index contributed by atoms with van der Waals surface area (Å²) in [6.07, 6.45) is 4.05. The van der Waals surface area contributed by atoms with Gasteiger partial charge in [-0.15, -0.1) is 0 Å². The molecular formula is C14H22N4S. The Morgan fingerprint density at radius 3 is 2.84 bits per heavy atom. The molecule has 2 unspecified atom stereocenters. The molecule has 4 nitrogen and oxygen atoms in total. The molecule has 0 spiro atoms. The molecule has 104 valence electrons. The van der Waals surface area contributed by atoms with Crippen molar-refractivity contribution in [1.29, 1.82) is 0 Å². The normalized spacial score (nSPS) is 23.5. The summed E-state index contributed by atoms with van der Waals surface area (Å²) >= 11 is 5.51. The summed E-state index contributed by atoms with van der Waals surface area (Å²) in [5.41, 5.74) is 3.32. The molecule has 3 rings (SSSR count). The summed E-state index contributed by atoms with van der Waals surface area (Å²) in [4.78, 5) is 3.33. The van der Waals surface area contributed by atoms with Crippen molar-refractivity contribution in [3.8, 4) is 0 Å². The molecule has 2 aromatic rings. The molecule has 2 heterocycles. The smallest absolute Gasteiger partial charge is 0.179 e. The number of aromatic amines is 1. The summed E-state index contributed by atoms with van der Waals surface area (Å²) < 4.78 is 5.17. The third kappa shape index (κ3) is 2.04. The van der Waals surface area contributed by atoms with Crippen molar-refractivity contribution >= 4 is 23.4 Å². The van der Waals surface area contributed by atoms with Gasteiger partial charge in [0.2, 0.25) is 0 Å². The number of nitrogens with zero attached hydrogens (tertiary/aromatic N) is 3. The van der Waals surface area contributed by atoms with Gasteiger partial charge >= 0.3 is 0 Å². The maximum absolute atomic E-state index is 5.51. The molecule has 2 aromatic heterocycles. The van der Waals surface area contributed by atoms with Crippen LogP contribution >= 0.6 is 12.2 Å². The highest BCUT2D eigenvalue weighted by atomic mass is 32.1. The van der Waals surface area contributed by atoms with E-state index in [1.165, 1.54) is 24.9 Å². The summed E-state index contributed by atoms with van der Waals surface area (Å²) in [5, 5.41) is 4.58. The summed E-state index contributed by atoms with van der Waals surface area (Å²) in [6.45, 7) is 8.46. The standard InChI is InChI=1S/C14H22N4S/c1-4-18-13-12(10(3)16-18)15-14(19)17(13)8-11-7-5-6-9(11)2/h9,11H,4-8H2,1-3H3,(H,15,19). The van der Waals surface area contributed by atoms with Gasteiger partial charge in [0.05, 0.1) is 5.69 Å². The Bertz CT molecular complexity index is 648. The molecule has 1 aliphatic carbocycles. The molecule has 0 amide bonds. The zero-order valence-electron chi connectivity index (χ0n) is 11.9. The zero-order valence-corrected chi connectivity index (χ0v) is 12.8. The van der Waals surface area contributed by atoms with Gasteiger partial charge < -0.3 is 9.55 Å². The minimum Gasteiger partial charge on any atom is -0.328 e. The van der Waals surface area contributed by atoms with Gasteiger partial charge in [-0.2, -0.15) is 5.10 Å². The third-order valence-electron chi connectivity index (χ3n) is 4.59. The number of imidazole rings is 1. The van der Waals surface area contributed by atoms with Crippen LogP contribution in [0.3, 0.4) is 0 Å². The summed E-state index contributed by atoms with van der Waals surface area (Å²) in [6, 6.07) is 0. The number of aryl methyl sites for hydroxylation is 2. The Kier molecular flexibility index (Phi) is 3.25. The average Bonchev–Trinajstić information content (AvgIpc) is 3.01. The molecule has 0 aromatic carbocycles. The van der Waals surface area contributed by atoms with E-state index in [0.29, 0.717) is 0 Å². The lowest BCUT2D eigenvalue weighted by Crippen LogP contribution is -2.15. The zero-order chi connectivity index (χ0) is 13.6. The van der Waals surface area contributed by atoms with Gasteiger partial charge in [0, 0.05) is 13.1 Å². The predicted octanol–water partition coefficient (Wildman–Crippen LogP) is 3.66. The molecule has 5 heteroatoms.